The molecule has 0 fully saturated rings. The summed E-state index contributed by atoms with van der Waals surface area (Å²) in [5, 5.41) is 3.25. The van der Waals surface area contributed by atoms with Gasteiger partial charge in [-0.2, -0.15) is 0 Å². The van der Waals surface area contributed by atoms with Gasteiger partial charge in [0.25, 0.3) is 0 Å². The zero-order valence-electron chi connectivity index (χ0n) is 9.91. The van der Waals surface area contributed by atoms with Crippen molar-refractivity contribution in [1.82, 2.24) is 4.98 Å². The van der Waals surface area contributed by atoms with E-state index in [1.807, 2.05) is 6.07 Å². The Hall–Kier alpha value is -1.29. The smallest absolute Gasteiger partial charge is 0.0547 e. The molecule has 3 N–H and O–H groups in total. The average Bonchev–Trinajstić information content (AvgIpc) is 2.28. The van der Waals surface area contributed by atoms with E-state index in [0.29, 0.717) is 5.69 Å². The van der Waals surface area contributed by atoms with Crippen LogP contribution in [0.4, 0.5) is 11.4 Å². The van der Waals surface area contributed by atoms with E-state index < -0.39 is 0 Å². The number of anilines is 2. The molecule has 0 bridgehead atoms. The standard InChI is InChI=1S/C12H21N3O/c1-2-3-6-16-7-4-5-15-12-8-11(13)9-14-10-12/h8-10,15H,2-7,13H2,1H3. The lowest BCUT2D eigenvalue weighted by molar-refractivity contribution is 0.131. The second kappa shape index (κ2) is 7.93. The molecule has 0 amide bonds. The second-order valence-corrected chi connectivity index (χ2v) is 3.75. The molecular formula is C12H21N3O. The van der Waals surface area contributed by atoms with E-state index in [0.717, 1.165) is 38.3 Å². The molecule has 16 heavy (non-hydrogen) atoms. The molecule has 0 radical (unpaired) electrons. The van der Waals surface area contributed by atoms with E-state index in [-0.39, 0.29) is 0 Å². The van der Waals surface area contributed by atoms with Crippen molar-refractivity contribution < 1.29 is 4.74 Å². The summed E-state index contributed by atoms with van der Waals surface area (Å²) in [4.78, 5) is 4.00. The van der Waals surface area contributed by atoms with Crippen LogP contribution in [0.5, 0.6) is 0 Å². The number of aromatic nitrogens is 1. The Bertz CT molecular complexity index is 291. The Morgan fingerprint density at radius 3 is 2.88 bits per heavy atom. The van der Waals surface area contributed by atoms with Crippen molar-refractivity contribution in [3.63, 3.8) is 0 Å². The maximum absolute atomic E-state index is 5.62. The first kappa shape index (κ1) is 12.8. The van der Waals surface area contributed by atoms with E-state index in [2.05, 4.69) is 17.2 Å². The number of hydrogen-bond acceptors (Lipinski definition) is 4. The molecule has 0 aliphatic heterocycles. The van der Waals surface area contributed by atoms with Crippen LogP contribution in [0.15, 0.2) is 18.5 Å². The lowest BCUT2D eigenvalue weighted by Crippen LogP contribution is -2.06. The Labute approximate surface area is 97.2 Å². The van der Waals surface area contributed by atoms with Crippen LogP contribution in [0, 0.1) is 0 Å². The predicted octanol–water partition coefficient (Wildman–Crippen LogP) is 2.28. The van der Waals surface area contributed by atoms with Crippen molar-refractivity contribution in [2.75, 3.05) is 30.8 Å². The third kappa shape index (κ3) is 5.56. The van der Waals surface area contributed by atoms with E-state index in [1.165, 1.54) is 6.42 Å². The Morgan fingerprint density at radius 1 is 1.31 bits per heavy atom. The SMILES string of the molecule is CCCCOCCCNc1cncc(N)c1. The summed E-state index contributed by atoms with van der Waals surface area (Å²) < 4.78 is 5.46. The maximum Gasteiger partial charge on any atom is 0.0547 e. The number of pyridine rings is 1. The molecule has 0 unspecified atom stereocenters. The number of hydrogen-bond donors (Lipinski definition) is 2. The van der Waals surface area contributed by atoms with Crippen molar-refractivity contribution >= 4 is 11.4 Å². The van der Waals surface area contributed by atoms with Crippen LogP contribution in [-0.2, 0) is 4.74 Å². The first-order valence-electron chi connectivity index (χ1n) is 5.85. The molecule has 1 aromatic rings. The van der Waals surface area contributed by atoms with Gasteiger partial charge in [0.1, 0.15) is 0 Å². The zero-order valence-corrected chi connectivity index (χ0v) is 9.91. The van der Waals surface area contributed by atoms with E-state index in [4.69, 9.17) is 10.5 Å². The largest absolute Gasteiger partial charge is 0.397 e. The maximum atomic E-state index is 5.62. The van der Waals surface area contributed by atoms with Crippen molar-refractivity contribution in [2.24, 2.45) is 0 Å². The minimum atomic E-state index is 0.684. The number of nitrogens with one attached hydrogen (secondary N) is 1. The van der Waals surface area contributed by atoms with Crippen LogP contribution in [0.2, 0.25) is 0 Å². The molecule has 0 saturated carbocycles. The van der Waals surface area contributed by atoms with Gasteiger partial charge in [-0.05, 0) is 18.9 Å². The summed E-state index contributed by atoms with van der Waals surface area (Å²) in [5.74, 6) is 0. The minimum Gasteiger partial charge on any atom is -0.397 e. The van der Waals surface area contributed by atoms with Gasteiger partial charge >= 0.3 is 0 Å². The number of nitrogens with zero attached hydrogens (tertiary/aromatic N) is 1. The van der Waals surface area contributed by atoms with Crippen LogP contribution in [-0.4, -0.2) is 24.7 Å². The highest BCUT2D eigenvalue weighted by atomic mass is 16.5. The van der Waals surface area contributed by atoms with Gasteiger partial charge in [0.05, 0.1) is 17.6 Å². The quantitative estimate of drug-likeness (QED) is 0.664. The topological polar surface area (TPSA) is 60.2 Å². The fourth-order valence-electron chi connectivity index (χ4n) is 1.31. The molecule has 0 spiro atoms. The van der Waals surface area contributed by atoms with Crippen LogP contribution in [0.3, 0.4) is 0 Å². The summed E-state index contributed by atoms with van der Waals surface area (Å²) in [7, 11) is 0. The zero-order chi connectivity index (χ0) is 11.6. The van der Waals surface area contributed by atoms with Crippen LogP contribution in [0.25, 0.3) is 0 Å². The molecule has 0 aliphatic rings. The highest BCUT2D eigenvalue weighted by Gasteiger charge is 1.93. The molecule has 90 valence electrons. The van der Waals surface area contributed by atoms with E-state index in [1.54, 1.807) is 12.4 Å². The lowest BCUT2D eigenvalue weighted by Gasteiger charge is -2.06. The molecular weight excluding hydrogens is 202 g/mol. The van der Waals surface area contributed by atoms with Gasteiger partial charge in [-0.25, -0.2) is 0 Å². The van der Waals surface area contributed by atoms with Gasteiger partial charge in [-0.1, -0.05) is 13.3 Å². The van der Waals surface area contributed by atoms with Crippen molar-refractivity contribution in [1.29, 1.82) is 0 Å². The van der Waals surface area contributed by atoms with Crippen LogP contribution < -0.4 is 11.1 Å². The third-order valence-electron chi connectivity index (χ3n) is 2.20. The summed E-state index contributed by atoms with van der Waals surface area (Å²) in [5.41, 5.74) is 7.27. The minimum absolute atomic E-state index is 0.684. The van der Waals surface area contributed by atoms with Gasteiger partial charge in [0, 0.05) is 26.0 Å². The van der Waals surface area contributed by atoms with Crippen LogP contribution in [0.1, 0.15) is 26.2 Å². The molecule has 4 nitrogen and oxygen atoms in total. The summed E-state index contributed by atoms with van der Waals surface area (Å²) in [6, 6.07) is 1.88. The monoisotopic (exact) mass is 223 g/mol. The lowest BCUT2D eigenvalue weighted by atomic mass is 10.3. The Kier molecular flexibility index (Phi) is 6.33. The molecule has 1 rings (SSSR count). The third-order valence-corrected chi connectivity index (χ3v) is 2.20. The predicted molar refractivity (Wildman–Crippen MR) is 67.5 cm³/mol. The van der Waals surface area contributed by atoms with Crippen molar-refractivity contribution in [3.05, 3.63) is 18.5 Å². The van der Waals surface area contributed by atoms with Gasteiger partial charge in [0.2, 0.25) is 0 Å². The average molecular weight is 223 g/mol. The van der Waals surface area contributed by atoms with Crippen LogP contribution >= 0.6 is 0 Å². The molecule has 1 heterocycles. The van der Waals surface area contributed by atoms with E-state index in [9.17, 15) is 0 Å². The number of ether oxygens (including phenoxy) is 1. The first-order valence-corrected chi connectivity index (χ1v) is 5.85. The number of nitrogens with two attached hydrogens (primary N) is 1. The highest BCUT2D eigenvalue weighted by Crippen LogP contribution is 2.08. The van der Waals surface area contributed by atoms with Gasteiger partial charge < -0.3 is 15.8 Å². The van der Waals surface area contributed by atoms with Crippen molar-refractivity contribution in [2.45, 2.75) is 26.2 Å². The fourth-order valence-corrected chi connectivity index (χ4v) is 1.31. The molecule has 0 atom stereocenters. The van der Waals surface area contributed by atoms with Crippen molar-refractivity contribution in [3.8, 4) is 0 Å². The highest BCUT2D eigenvalue weighted by molar-refractivity contribution is 5.51. The number of rotatable bonds is 8. The Balaban J connectivity index is 2.03. The fraction of sp³-hybridized carbons (Fsp3) is 0.583. The Morgan fingerprint density at radius 2 is 2.12 bits per heavy atom. The van der Waals surface area contributed by atoms with E-state index >= 15 is 0 Å². The second-order valence-electron chi connectivity index (χ2n) is 3.75. The molecule has 4 heteroatoms. The summed E-state index contributed by atoms with van der Waals surface area (Å²) in [6.45, 7) is 4.73. The first-order chi connectivity index (χ1) is 7.83. The van der Waals surface area contributed by atoms with Gasteiger partial charge in [-0.3, -0.25) is 4.98 Å². The van der Waals surface area contributed by atoms with Gasteiger partial charge in [-0.15, -0.1) is 0 Å². The molecule has 0 aliphatic carbocycles. The normalized spacial score (nSPS) is 10.3. The molecule has 0 saturated heterocycles. The number of unbranched alkanes of at least 4 members (excludes halogenated alkanes) is 1. The van der Waals surface area contributed by atoms with Gasteiger partial charge in [0.15, 0.2) is 0 Å². The molecule has 1 aromatic heterocycles. The number of nitrogen functional groups attached to an aromatic ring is 1. The molecule has 0 aromatic carbocycles. The summed E-state index contributed by atoms with van der Waals surface area (Å²) in [6.07, 6.45) is 6.74. The summed E-state index contributed by atoms with van der Waals surface area (Å²) >= 11 is 0.